The second-order valence-corrected chi connectivity index (χ2v) is 5.55. The van der Waals surface area contributed by atoms with Gasteiger partial charge in [0.2, 0.25) is 0 Å². The Bertz CT molecular complexity index is 759. The second kappa shape index (κ2) is 4.63. The molecule has 5 nitrogen and oxygen atoms in total. The fraction of sp³-hybridized carbons (Fsp3) is 0.200. The maximum Gasteiger partial charge on any atom is 0.184 e. The van der Waals surface area contributed by atoms with Crippen LogP contribution < -0.4 is 10.2 Å². The third kappa shape index (κ3) is 2.01. The van der Waals surface area contributed by atoms with E-state index < -0.39 is 0 Å². The Labute approximate surface area is 126 Å². The topological polar surface area (TPSA) is 61.3 Å². The first-order valence-electron chi connectivity index (χ1n) is 6.78. The molecule has 2 aromatic rings. The molecule has 6 heteroatoms. The molecule has 1 aromatic carbocycles. The number of hydrogen-bond donors (Lipinski definition) is 2. The van der Waals surface area contributed by atoms with Crippen LogP contribution in [0, 0.1) is 0 Å². The van der Waals surface area contributed by atoms with E-state index in [1.165, 1.54) is 5.56 Å². The molecule has 0 unspecified atom stereocenters. The van der Waals surface area contributed by atoms with E-state index in [9.17, 15) is 5.11 Å². The summed E-state index contributed by atoms with van der Waals surface area (Å²) in [6.45, 7) is 0.839. The minimum atomic E-state index is 0.143. The van der Waals surface area contributed by atoms with E-state index in [0.717, 1.165) is 35.9 Å². The maximum absolute atomic E-state index is 9.72. The van der Waals surface area contributed by atoms with E-state index in [1.54, 1.807) is 12.4 Å². The zero-order valence-corrected chi connectivity index (χ0v) is 11.9. The van der Waals surface area contributed by atoms with Crippen LogP contribution in [0.3, 0.4) is 0 Å². The van der Waals surface area contributed by atoms with Crippen molar-refractivity contribution < 1.29 is 5.11 Å². The van der Waals surface area contributed by atoms with Crippen LogP contribution in [-0.2, 0) is 12.8 Å². The number of halogens is 1. The van der Waals surface area contributed by atoms with Crippen LogP contribution >= 0.6 is 11.6 Å². The summed E-state index contributed by atoms with van der Waals surface area (Å²) in [7, 11) is 0. The first-order chi connectivity index (χ1) is 10.2. The fourth-order valence-electron chi connectivity index (χ4n) is 2.84. The number of allylic oxidation sites excluding steroid dienone is 1. The van der Waals surface area contributed by atoms with Crippen LogP contribution in [0.4, 0.5) is 17.2 Å². The third-order valence-corrected chi connectivity index (χ3v) is 4.08. The van der Waals surface area contributed by atoms with Crippen molar-refractivity contribution in [1.29, 1.82) is 0 Å². The van der Waals surface area contributed by atoms with Crippen molar-refractivity contribution in [3.05, 3.63) is 52.8 Å². The number of benzene rings is 1. The Morgan fingerprint density at radius 2 is 2.19 bits per heavy atom. The molecule has 0 saturated carbocycles. The van der Waals surface area contributed by atoms with E-state index >= 15 is 0 Å². The zero-order chi connectivity index (χ0) is 14.4. The van der Waals surface area contributed by atoms with Gasteiger partial charge < -0.3 is 15.3 Å². The Kier molecular flexibility index (Phi) is 2.75. The summed E-state index contributed by atoms with van der Waals surface area (Å²) in [6, 6.07) is 5.92. The van der Waals surface area contributed by atoms with Gasteiger partial charge in [0.1, 0.15) is 12.0 Å². The molecule has 0 spiro atoms. The maximum atomic E-state index is 9.72. The summed E-state index contributed by atoms with van der Waals surface area (Å²) in [5, 5.41) is 13.4. The van der Waals surface area contributed by atoms with Crippen molar-refractivity contribution in [2.24, 2.45) is 0 Å². The summed E-state index contributed by atoms with van der Waals surface area (Å²) >= 11 is 6.12. The molecule has 0 radical (unpaired) electrons. The predicted octanol–water partition coefficient (Wildman–Crippen LogP) is 3.19. The van der Waals surface area contributed by atoms with Crippen LogP contribution in [-0.4, -0.2) is 21.6 Å². The van der Waals surface area contributed by atoms with Gasteiger partial charge >= 0.3 is 0 Å². The van der Waals surface area contributed by atoms with Gasteiger partial charge in [-0.25, -0.2) is 9.97 Å². The Balaban J connectivity index is 1.82. The van der Waals surface area contributed by atoms with Crippen molar-refractivity contribution in [2.75, 3.05) is 16.8 Å². The quantitative estimate of drug-likeness (QED) is 0.847. The average Bonchev–Trinajstić information content (AvgIpc) is 2.89. The Morgan fingerprint density at radius 1 is 1.29 bits per heavy atom. The molecule has 0 saturated heterocycles. The SMILES string of the molecule is OC1=CCc2ncnc(N3CCc4ccc(Cl)cc43)c2N1. The molecule has 2 aliphatic rings. The number of nitrogens with one attached hydrogen (secondary N) is 1. The third-order valence-electron chi connectivity index (χ3n) is 3.85. The molecule has 0 amide bonds. The number of aliphatic hydroxyl groups excluding tert-OH is 1. The van der Waals surface area contributed by atoms with Crippen LogP contribution in [0.1, 0.15) is 11.3 Å². The summed E-state index contributed by atoms with van der Waals surface area (Å²) in [6.07, 6.45) is 4.82. The van der Waals surface area contributed by atoms with Crippen LogP contribution in [0.15, 0.2) is 36.5 Å². The molecule has 0 aliphatic carbocycles. The minimum absolute atomic E-state index is 0.143. The van der Waals surface area contributed by atoms with Gasteiger partial charge in [-0.05, 0) is 30.2 Å². The lowest BCUT2D eigenvalue weighted by molar-refractivity contribution is 0.415. The Morgan fingerprint density at radius 3 is 3.10 bits per heavy atom. The molecule has 21 heavy (non-hydrogen) atoms. The van der Waals surface area contributed by atoms with Gasteiger partial charge in [0.25, 0.3) is 0 Å². The highest BCUT2D eigenvalue weighted by Crippen LogP contribution is 2.40. The number of aromatic nitrogens is 2. The molecule has 2 aliphatic heterocycles. The molecule has 106 valence electrons. The van der Waals surface area contributed by atoms with Gasteiger partial charge in [-0.3, -0.25) is 0 Å². The molecule has 0 bridgehead atoms. The van der Waals surface area contributed by atoms with Gasteiger partial charge in [-0.1, -0.05) is 17.7 Å². The van der Waals surface area contributed by atoms with Crippen LogP contribution in [0.25, 0.3) is 0 Å². The largest absolute Gasteiger partial charge is 0.495 e. The lowest BCUT2D eigenvalue weighted by Crippen LogP contribution is -2.20. The lowest BCUT2D eigenvalue weighted by atomic mass is 10.1. The van der Waals surface area contributed by atoms with Gasteiger partial charge in [0, 0.05) is 23.7 Å². The number of rotatable bonds is 1. The van der Waals surface area contributed by atoms with E-state index in [4.69, 9.17) is 11.6 Å². The monoisotopic (exact) mass is 300 g/mol. The summed E-state index contributed by atoms with van der Waals surface area (Å²) in [5.41, 5.74) is 3.97. The average molecular weight is 301 g/mol. The number of nitrogens with zero attached hydrogens (tertiary/aromatic N) is 3. The first kappa shape index (κ1) is 12.5. The van der Waals surface area contributed by atoms with E-state index in [2.05, 4.69) is 26.3 Å². The van der Waals surface area contributed by atoms with Crippen molar-refractivity contribution in [1.82, 2.24) is 9.97 Å². The number of aliphatic hydroxyl groups is 1. The van der Waals surface area contributed by atoms with E-state index in [-0.39, 0.29) is 5.88 Å². The first-order valence-corrected chi connectivity index (χ1v) is 7.16. The van der Waals surface area contributed by atoms with Crippen molar-refractivity contribution in [3.63, 3.8) is 0 Å². The van der Waals surface area contributed by atoms with Crippen molar-refractivity contribution in [3.8, 4) is 0 Å². The second-order valence-electron chi connectivity index (χ2n) is 5.11. The van der Waals surface area contributed by atoms with Gasteiger partial charge in [-0.15, -0.1) is 0 Å². The summed E-state index contributed by atoms with van der Waals surface area (Å²) < 4.78 is 0. The van der Waals surface area contributed by atoms with Gasteiger partial charge in [0.05, 0.1) is 5.69 Å². The van der Waals surface area contributed by atoms with Crippen LogP contribution in [0.2, 0.25) is 5.02 Å². The highest BCUT2D eigenvalue weighted by Gasteiger charge is 2.26. The highest BCUT2D eigenvalue weighted by molar-refractivity contribution is 6.31. The van der Waals surface area contributed by atoms with Gasteiger partial charge in [0.15, 0.2) is 11.7 Å². The summed E-state index contributed by atoms with van der Waals surface area (Å²) in [5.74, 6) is 0.921. The van der Waals surface area contributed by atoms with Crippen molar-refractivity contribution >= 4 is 28.8 Å². The summed E-state index contributed by atoms with van der Waals surface area (Å²) in [4.78, 5) is 10.8. The highest BCUT2D eigenvalue weighted by atomic mass is 35.5. The number of anilines is 3. The fourth-order valence-corrected chi connectivity index (χ4v) is 3.01. The Hall–Kier alpha value is -2.27. The van der Waals surface area contributed by atoms with E-state index in [0.29, 0.717) is 11.4 Å². The molecule has 0 fully saturated rings. The van der Waals surface area contributed by atoms with Gasteiger partial charge in [-0.2, -0.15) is 0 Å². The van der Waals surface area contributed by atoms with Crippen LogP contribution in [0.5, 0.6) is 0 Å². The standard InChI is InChI=1S/C15H13ClN4O/c16-10-2-1-9-5-6-20(12(9)7-10)15-14-11(17-8-18-15)3-4-13(21)19-14/h1-2,4,7-8,19,21H,3,5-6H2. The number of fused-ring (bicyclic) bond motifs is 2. The van der Waals surface area contributed by atoms with Crippen molar-refractivity contribution in [2.45, 2.75) is 12.8 Å². The molecule has 0 atom stereocenters. The number of hydrogen-bond acceptors (Lipinski definition) is 5. The van der Waals surface area contributed by atoms with E-state index in [1.807, 2.05) is 12.1 Å². The molecular weight excluding hydrogens is 288 g/mol. The molecular formula is C15H13ClN4O. The lowest BCUT2D eigenvalue weighted by Gasteiger charge is -2.24. The molecule has 3 heterocycles. The minimum Gasteiger partial charge on any atom is -0.495 e. The predicted molar refractivity (Wildman–Crippen MR) is 82.2 cm³/mol. The zero-order valence-electron chi connectivity index (χ0n) is 11.2. The normalized spacial score (nSPS) is 16.0. The molecule has 4 rings (SSSR count). The smallest absolute Gasteiger partial charge is 0.184 e. The molecule has 1 aromatic heterocycles. The molecule has 2 N–H and O–H groups in total.